The first kappa shape index (κ1) is 14.8. The number of anilines is 1. The van der Waals surface area contributed by atoms with Crippen LogP contribution in [0.3, 0.4) is 0 Å². The van der Waals surface area contributed by atoms with Crippen LogP contribution in [0.4, 0.5) is 5.69 Å². The minimum absolute atomic E-state index is 0.268. The molecule has 0 aromatic carbocycles. The van der Waals surface area contributed by atoms with E-state index < -0.39 is 16.2 Å². The van der Waals surface area contributed by atoms with Crippen LogP contribution in [0.5, 0.6) is 0 Å². The van der Waals surface area contributed by atoms with Crippen molar-refractivity contribution in [2.24, 2.45) is 5.92 Å². The van der Waals surface area contributed by atoms with Gasteiger partial charge in [0.05, 0.1) is 11.9 Å². The highest BCUT2D eigenvalue weighted by atomic mass is 32.2. The van der Waals surface area contributed by atoms with Crippen LogP contribution in [0, 0.1) is 5.92 Å². The molecule has 2 rings (SSSR count). The molecule has 2 N–H and O–H groups in total. The second-order valence-electron chi connectivity index (χ2n) is 5.03. The van der Waals surface area contributed by atoms with E-state index in [1.54, 1.807) is 0 Å². The molecule has 1 saturated heterocycles. The highest BCUT2D eigenvalue weighted by molar-refractivity contribution is 7.90. The first-order valence-electron chi connectivity index (χ1n) is 6.39. The summed E-state index contributed by atoms with van der Waals surface area (Å²) in [6.45, 7) is 2.72. The molecule has 0 bridgehead atoms. The summed E-state index contributed by atoms with van der Waals surface area (Å²) in [5.41, 5.74) is 0.268. The molecule has 20 heavy (non-hydrogen) atoms. The maximum atomic E-state index is 12.2. The van der Waals surface area contributed by atoms with Crippen LogP contribution >= 0.6 is 0 Å². The van der Waals surface area contributed by atoms with Gasteiger partial charge in [0.1, 0.15) is 6.54 Å². The third-order valence-electron chi connectivity index (χ3n) is 3.14. The van der Waals surface area contributed by atoms with Crippen molar-refractivity contribution in [3.8, 4) is 0 Å². The van der Waals surface area contributed by atoms with Gasteiger partial charge in [-0.15, -0.1) is 0 Å². The molecule has 1 fully saturated rings. The zero-order chi connectivity index (χ0) is 14.8. The fourth-order valence-electron chi connectivity index (χ4n) is 2.22. The van der Waals surface area contributed by atoms with E-state index in [2.05, 4.69) is 9.82 Å². The van der Waals surface area contributed by atoms with Gasteiger partial charge >= 0.3 is 16.2 Å². The van der Waals surface area contributed by atoms with Gasteiger partial charge in [-0.25, -0.2) is 0 Å². The van der Waals surface area contributed by atoms with Crippen molar-refractivity contribution >= 4 is 21.9 Å². The summed E-state index contributed by atoms with van der Waals surface area (Å²) in [6.07, 6.45) is 4.54. The highest BCUT2D eigenvalue weighted by Gasteiger charge is 2.27. The molecule has 1 aliphatic heterocycles. The Morgan fingerprint density at radius 2 is 2.35 bits per heavy atom. The van der Waals surface area contributed by atoms with E-state index in [1.807, 2.05) is 6.92 Å². The molecule has 1 atom stereocenters. The molecule has 9 heteroatoms. The zero-order valence-corrected chi connectivity index (χ0v) is 12.0. The molecule has 0 saturated carbocycles. The van der Waals surface area contributed by atoms with E-state index in [4.69, 9.17) is 5.11 Å². The normalized spacial score (nSPS) is 20.8. The van der Waals surface area contributed by atoms with Gasteiger partial charge in [0, 0.05) is 19.3 Å². The van der Waals surface area contributed by atoms with Crippen LogP contribution in [-0.2, 0) is 21.5 Å². The van der Waals surface area contributed by atoms with Gasteiger partial charge in [-0.05, 0) is 18.8 Å². The van der Waals surface area contributed by atoms with Gasteiger partial charge in [0.25, 0.3) is 0 Å². The maximum Gasteiger partial charge on any atom is 0.325 e. The maximum absolute atomic E-state index is 12.2. The summed E-state index contributed by atoms with van der Waals surface area (Å²) in [4.78, 5) is 10.5. The monoisotopic (exact) mass is 302 g/mol. The summed E-state index contributed by atoms with van der Waals surface area (Å²) in [6, 6.07) is 0. The predicted molar refractivity (Wildman–Crippen MR) is 72.4 cm³/mol. The third kappa shape index (κ3) is 3.70. The van der Waals surface area contributed by atoms with Crippen molar-refractivity contribution in [3.05, 3.63) is 12.4 Å². The Kier molecular flexibility index (Phi) is 4.29. The molecule has 1 aliphatic rings. The first-order valence-corrected chi connectivity index (χ1v) is 7.83. The Morgan fingerprint density at radius 1 is 1.60 bits per heavy atom. The van der Waals surface area contributed by atoms with Crippen LogP contribution in [0.2, 0.25) is 0 Å². The van der Waals surface area contributed by atoms with Crippen molar-refractivity contribution in [3.63, 3.8) is 0 Å². The number of aliphatic carboxylic acids is 1. The standard InChI is InChI=1S/C11H18N4O4S/c1-9-3-2-4-15(6-9)20(18,19)13-10-5-12-14(7-10)8-11(16)17/h5,7,9,13H,2-4,6,8H2,1H3,(H,16,17). The van der Waals surface area contributed by atoms with E-state index in [9.17, 15) is 13.2 Å². The molecule has 2 heterocycles. The summed E-state index contributed by atoms with van der Waals surface area (Å²) in [7, 11) is -3.60. The second kappa shape index (κ2) is 5.80. The number of hydrogen-bond donors (Lipinski definition) is 2. The van der Waals surface area contributed by atoms with Crippen molar-refractivity contribution in [2.45, 2.75) is 26.3 Å². The number of nitrogens with zero attached hydrogens (tertiary/aromatic N) is 3. The molecule has 0 spiro atoms. The van der Waals surface area contributed by atoms with E-state index in [0.717, 1.165) is 12.8 Å². The Labute approximate surface area is 117 Å². The summed E-state index contributed by atoms with van der Waals surface area (Å²) in [5, 5.41) is 12.4. The average Bonchev–Trinajstić information content (AvgIpc) is 2.74. The van der Waals surface area contributed by atoms with E-state index >= 15 is 0 Å². The number of carboxylic acids is 1. The number of nitrogens with one attached hydrogen (secondary N) is 1. The molecule has 0 aliphatic carbocycles. The van der Waals surface area contributed by atoms with Crippen molar-refractivity contribution < 1.29 is 18.3 Å². The SMILES string of the molecule is CC1CCCN(S(=O)(=O)Nc2cnn(CC(=O)O)c2)C1. The largest absolute Gasteiger partial charge is 0.480 e. The highest BCUT2D eigenvalue weighted by Crippen LogP contribution is 2.19. The summed E-state index contributed by atoms with van der Waals surface area (Å²) >= 11 is 0. The lowest BCUT2D eigenvalue weighted by molar-refractivity contribution is -0.137. The van der Waals surface area contributed by atoms with E-state index in [-0.39, 0.29) is 12.2 Å². The lowest BCUT2D eigenvalue weighted by Gasteiger charge is -2.29. The summed E-state index contributed by atoms with van der Waals surface area (Å²) in [5.74, 6) is -0.692. The number of carboxylic acid groups (broad SMARTS) is 1. The van der Waals surface area contributed by atoms with Crippen molar-refractivity contribution in [1.29, 1.82) is 0 Å². The Morgan fingerprint density at radius 3 is 3.00 bits per heavy atom. The van der Waals surface area contributed by atoms with E-state index in [0.29, 0.717) is 19.0 Å². The van der Waals surface area contributed by atoms with Crippen molar-refractivity contribution in [2.75, 3.05) is 17.8 Å². The molecule has 0 radical (unpaired) electrons. The number of carbonyl (C=O) groups is 1. The van der Waals surface area contributed by atoms with Gasteiger partial charge in [0.2, 0.25) is 0 Å². The molecule has 0 amide bonds. The molecule has 8 nitrogen and oxygen atoms in total. The quantitative estimate of drug-likeness (QED) is 0.817. The van der Waals surface area contributed by atoms with Gasteiger partial charge in [-0.3, -0.25) is 14.2 Å². The fraction of sp³-hybridized carbons (Fsp3) is 0.636. The minimum Gasteiger partial charge on any atom is -0.480 e. The lowest BCUT2D eigenvalue weighted by Crippen LogP contribution is -2.42. The zero-order valence-electron chi connectivity index (χ0n) is 11.2. The van der Waals surface area contributed by atoms with Crippen LogP contribution in [0.1, 0.15) is 19.8 Å². The third-order valence-corrected chi connectivity index (χ3v) is 4.64. The predicted octanol–water partition coefficient (Wildman–Crippen LogP) is 0.356. The van der Waals surface area contributed by atoms with Crippen LogP contribution in [0.15, 0.2) is 12.4 Å². The topological polar surface area (TPSA) is 105 Å². The smallest absolute Gasteiger partial charge is 0.325 e. The Hall–Kier alpha value is -1.61. The van der Waals surface area contributed by atoms with E-state index in [1.165, 1.54) is 21.4 Å². The van der Waals surface area contributed by atoms with Gasteiger partial charge in [-0.1, -0.05) is 6.92 Å². The van der Waals surface area contributed by atoms with Crippen LogP contribution in [-0.4, -0.2) is 46.7 Å². The summed E-state index contributed by atoms with van der Waals surface area (Å²) < 4.78 is 29.4. The van der Waals surface area contributed by atoms with Crippen molar-refractivity contribution in [1.82, 2.24) is 14.1 Å². The van der Waals surface area contributed by atoms with Gasteiger partial charge < -0.3 is 5.11 Å². The molecule has 112 valence electrons. The minimum atomic E-state index is -3.60. The fourth-order valence-corrected chi connectivity index (χ4v) is 3.57. The lowest BCUT2D eigenvalue weighted by atomic mass is 10.0. The Balaban J connectivity index is 2.04. The second-order valence-corrected chi connectivity index (χ2v) is 6.70. The Bertz CT molecular complexity index is 583. The number of aromatic nitrogens is 2. The molecule has 1 aromatic heterocycles. The first-order chi connectivity index (χ1) is 9.37. The van der Waals surface area contributed by atoms with Gasteiger partial charge in [-0.2, -0.15) is 17.8 Å². The molecular weight excluding hydrogens is 284 g/mol. The number of rotatable bonds is 5. The van der Waals surface area contributed by atoms with Gasteiger partial charge in [0.15, 0.2) is 0 Å². The van der Waals surface area contributed by atoms with Crippen LogP contribution in [0.25, 0.3) is 0 Å². The van der Waals surface area contributed by atoms with Crippen LogP contribution < -0.4 is 4.72 Å². The average molecular weight is 302 g/mol. The number of hydrogen-bond acceptors (Lipinski definition) is 4. The molecular formula is C11H18N4O4S. The molecule has 1 aromatic rings. The molecule has 1 unspecified atom stereocenters. The number of piperidine rings is 1.